The first-order chi connectivity index (χ1) is 9.63. The lowest BCUT2D eigenvalue weighted by Crippen LogP contribution is -2.73. The number of esters is 1. The molecule has 2 unspecified atom stereocenters. The van der Waals surface area contributed by atoms with E-state index in [1.54, 1.807) is 6.92 Å². The monoisotopic (exact) mass is 296 g/mol. The van der Waals surface area contributed by atoms with E-state index >= 15 is 0 Å². The molecule has 118 valence electrons. The quantitative estimate of drug-likeness (QED) is 0.607. The Labute approximate surface area is 124 Å². The lowest BCUT2D eigenvalue weighted by molar-refractivity contribution is -0.309. The van der Waals surface area contributed by atoms with Crippen LogP contribution in [0.25, 0.3) is 0 Å². The van der Waals surface area contributed by atoms with E-state index in [0.717, 1.165) is 0 Å². The summed E-state index contributed by atoms with van der Waals surface area (Å²) in [5.74, 6) is -0.462. The molecule has 4 rings (SSSR count). The van der Waals surface area contributed by atoms with Crippen molar-refractivity contribution in [3.05, 3.63) is 12.2 Å². The van der Waals surface area contributed by atoms with Gasteiger partial charge in [-0.2, -0.15) is 0 Å². The van der Waals surface area contributed by atoms with Crippen LogP contribution in [0.3, 0.4) is 0 Å². The van der Waals surface area contributed by atoms with Crippen LogP contribution in [0.4, 0.5) is 0 Å². The zero-order valence-corrected chi connectivity index (χ0v) is 12.8. The van der Waals surface area contributed by atoms with Crippen LogP contribution < -0.4 is 0 Å². The molecular formula is C16H24O5. The average molecular weight is 296 g/mol. The second-order valence-electron chi connectivity index (χ2n) is 7.48. The molecule has 5 heteroatoms. The first-order valence-corrected chi connectivity index (χ1v) is 7.61. The van der Waals surface area contributed by atoms with E-state index in [1.807, 2.05) is 6.92 Å². The molecule has 0 aromatic rings. The third-order valence-electron chi connectivity index (χ3n) is 5.02. The third kappa shape index (κ3) is 2.41. The summed E-state index contributed by atoms with van der Waals surface area (Å²) in [6.07, 6.45) is 2.62. The first-order valence-electron chi connectivity index (χ1n) is 7.61. The fourth-order valence-electron chi connectivity index (χ4n) is 5.20. The molecule has 4 aliphatic rings. The lowest BCUT2D eigenvalue weighted by Gasteiger charge is -2.66. The summed E-state index contributed by atoms with van der Waals surface area (Å²) < 4.78 is 11.6. The van der Waals surface area contributed by atoms with Crippen LogP contribution in [0.5, 0.6) is 0 Å². The third-order valence-corrected chi connectivity index (χ3v) is 5.02. The summed E-state index contributed by atoms with van der Waals surface area (Å²) in [4.78, 5) is 12.0. The number of ether oxygens (including phenoxy) is 2. The summed E-state index contributed by atoms with van der Waals surface area (Å²) >= 11 is 0. The van der Waals surface area contributed by atoms with Gasteiger partial charge in [0.25, 0.3) is 0 Å². The topological polar surface area (TPSA) is 76.0 Å². The summed E-state index contributed by atoms with van der Waals surface area (Å²) in [5, 5.41) is 21.6. The summed E-state index contributed by atoms with van der Waals surface area (Å²) in [7, 11) is 0. The number of rotatable bonds is 4. The van der Waals surface area contributed by atoms with Crippen molar-refractivity contribution in [1.29, 1.82) is 0 Å². The van der Waals surface area contributed by atoms with Crippen LogP contribution in [0.1, 0.15) is 52.4 Å². The fourth-order valence-corrected chi connectivity index (χ4v) is 5.20. The lowest BCUT2D eigenvalue weighted by atomic mass is 9.48. The van der Waals surface area contributed by atoms with E-state index in [1.165, 1.54) is 0 Å². The Bertz CT molecular complexity index is 479. The molecule has 4 aliphatic carbocycles. The van der Waals surface area contributed by atoms with Crippen molar-refractivity contribution in [2.45, 2.75) is 74.8 Å². The molecule has 0 saturated heterocycles. The smallest absolute Gasteiger partial charge is 0.333 e. The highest BCUT2D eigenvalue weighted by Gasteiger charge is 2.70. The normalized spacial score (nSPS) is 47.4. The van der Waals surface area contributed by atoms with Gasteiger partial charge in [0.2, 0.25) is 0 Å². The van der Waals surface area contributed by atoms with Crippen molar-refractivity contribution in [2.24, 2.45) is 0 Å². The Morgan fingerprint density at radius 1 is 1.05 bits per heavy atom. The Morgan fingerprint density at radius 2 is 1.57 bits per heavy atom. The number of aliphatic hydroxyl groups is 2. The predicted octanol–water partition coefficient (Wildman–Crippen LogP) is 1.46. The Morgan fingerprint density at radius 3 is 2.05 bits per heavy atom. The second-order valence-corrected chi connectivity index (χ2v) is 7.48. The molecule has 2 N–H and O–H groups in total. The van der Waals surface area contributed by atoms with Crippen LogP contribution in [-0.4, -0.2) is 45.2 Å². The van der Waals surface area contributed by atoms with E-state index in [4.69, 9.17) is 9.47 Å². The molecule has 21 heavy (non-hydrogen) atoms. The van der Waals surface area contributed by atoms with Crippen molar-refractivity contribution in [2.75, 3.05) is 6.61 Å². The van der Waals surface area contributed by atoms with Crippen LogP contribution in [-0.2, 0) is 14.3 Å². The number of carbonyl (C=O) groups is 1. The maximum atomic E-state index is 12.0. The fraction of sp³-hybridized carbons (Fsp3) is 0.812. The van der Waals surface area contributed by atoms with Gasteiger partial charge < -0.3 is 19.7 Å². The van der Waals surface area contributed by atoms with Gasteiger partial charge in [-0.05, 0) is 13.8 Å². The summed E-state index contributed by atoms with van der Waals surface area (Å²) in [5.41, 5.74) is -3.15. The Kier molecular flexibility index (Phi) is 3.08. The highest BCUT2D eigenvalue weighted by molar-refractivity contribution is 5.87. The second kappa shape index (κ2) is 4.31. The minimum atomic E-state index is -1.02. The molecule has 4 fully saturated rings. The molecule has 0 aromatic carbocycles. The van der Waals surface area contributed by atoms with E-state index in [2.05, 4.69) is 6.58 Å². The van der Waals surface area contributed by atoms with E-state index in [-0.39, 0.29) is 0 Å². The number of hydrogen-bond donors (Lipinski definition) is 2. The van der Waals surface area contributed by atoms with Crippen LogP contribution >= 0.6 is 0 Å². The van der Waals surface area contributed by atoms with Gasteiger partial charge >= 0.3 is 5.97 Å². The molecule has 5 nitrogen and oxygen atoms in total. The van der Waals surface area contributed by atoms with Crippen LogP contribution in [0.15, 0.2) is 12.2 Å². The zero-order chi connectivity index (χ0) is 15.5. The highest BCUT2D eigenvalue weighted by Crippen LogP contribution is 2.63. The van der Waals surface area contributed by atoms with Gasteiger partial charge in [-0.1, -0.05) is 6.58 Å². The minimum absolute atomic E-state index is 0.329. The Balaban J connectivity index is 1.95. The molecule has 0 amide bonds. The molecule has 0 radical (unpaired) electrons. The van der Waals surface area contributed by atoms with Crippen molar-refractivity contribution in [3.63, 3.8) is 0 Å². The van der Waals surface area contributed by atoms with Gasteiger partial charge in [-0.3, -0.25) is 0 Å². The van der Waals surface area contributed by atoms with Gasteiger partial charge in [0.1, 0.15) is 5.60 Å². The maximum Gasteiger partial charge on any atom is 0.333 e. The molecular weight excluding hydrogens is 272 g/mol. The number of carbonyl (C=O) groups excluding carboxylic acids is 1. The van der Waals surface area contributed by atoms with E-state index in [0.29, 0.717) is 50.7 Å². The molecule has 0 spiro atoms. The van der Waals surface area contributed by atoms with Crippen LogP contribution in [0, 0.1) is 0 Å². The maximum absolute atomic E-state index is 12.0. The molecule has 4 saturated carbocycles. The van der Waals surface area contributed by atoms with Gasteiger partial charge in [0.05, 0.1) is 16.8 Å². The molecule has 4 bridgehead atoms. The van der Waals surface area contributed by atoms with Gasteiger partial charge in [0, 0.05) is 50.7 Å². The Hall–Kier alpha value is -0.910. The van der Waals surface area contributed by atoms with Gasteiger partial charge in [-0.15, -0.1) is 0 Å². The van der Waals surface area contributed by atoms with E-state index in [9.17, 15) is 15.0 Å². The van der Waals surface area contributed by atoms with E-state index < -0.39 is 28.4 Å². The van der Waals surface area contributed by atoms with Crippen molar-refractivity contribution in [1.82, 2.24) is 0 Å². The minimum Gasteiger partial charge on any atom is -0.455 e. The average Bonchev–Trinajstić information content (AvgIpc) is 2.22. The molecule has 2 atom stereocenters. The summed E-state index contributed by atoms with van der Waals surface area (Å²) in [6.45, 7) is 7.63. The van der Waals surface area contributed by atoms with Crippen molar-refractivity contribution in [3.8, 4) is 0 Å². The molecule has 0 aliphatic heterocycles. The zero-order valence-electron chi connectivity index (χ0n) is 12.8. The molecule has 0 heterocycles. The van der Waals surface area contributed by atoms with Gasteiger partial charge in [-0.25, -0.2) is 4.79 Å². The van der Waals surface area contributed by atoms with Crippen molar-refractivity contribution >= 4 is 5.97 Å². The highest BCUT2D eigenvalue weighted by atomic mass is 16.6. The predicted molar refractivity (Wildman–Crippen MR) is 75.6 cm³/mol. The summed E-state index contributed by atoms with van der Waals surface area (Å²) in [6, 6.07) is 0. The first kappa shape index (κ1) is 15.0. The van der Waals surface area contributed by atoms with Crippen molar-refractivity contribution < 1.29 is 24.5 Å². The van der Waals surface area contributed by atoms with Crippen LogP contribution in [0.2, 0.25) is 0 Å². The standard InChI is InChI=1S/C16H24O5/c1-4-20-15-6-13(18)5-14(19,7-15)9-16(8-13,10-15)21-12(17)11(2)3/h18-19H,2,4-10H2,1,3H3. The number of hydrogen-bond acceptors (Lipinski definition) is 5. The SMILES string of the molecule is C=C(C)C(=O)OC12CC3(O)CC(O)(CC(OCC)(C3)C1)C2. The molecule has 0 aromatic heterocycles. The largest absolute Gasteiger partial charge is 0.455 e. The van der Waals surface area contributed by atoms with Gasteiger partial charge in [0.15, 0.2) is 0 Å².